The van der Waals surface area contributed by atoms with Gasteiger partial charge in [-0.05, 0) is 6.07 Å². The van der Waals surface area contributed by atoms with Crippen molar-refractivity contribution in [2.45, 2.75) is 0 Å². The summed E-state index contributed by atoms with van der Waals surface area (Å²) in [7, 11) is 0. The molecule has 7 nitrogen and oxygen atoms in total. The molecule has 0 saturated heterocycles. The van der Waals surface area contributed by atoms with Gasteiger partial charge in [-0.1, -0.05) is 24.3 Å². The summed E-state index contributed by atoms with van der Waals surface area (Å²) in [4.78, 5) is 35.3. The van der Waals surface area contributed by atoms with Crippen LogP contribution in [0.5, 0.6) is 0 Å². The average molecular weight is 273 g/mol. The predicted molar refractivity (Wildman–Crippen MR) is 64.2 cm³/mol. The molecule has 1 heterocycles. The summed E-state index contributed by atoms with van der Waals surface area (Å²) < 4.78 is 4.60. The van der Waals surface area contributed by atoms with Gasteiger partial charge in [0, 0.05) is 0 Å². The molecule has 1 rings (SSSR count). The number of pyridine rings is 1. The fourth-order valence-corrected chi connectivity index (χ4v) is 1.18. The highest BCUT2D eigenvalue weighted by atomic mass is 35.5. The summed E-state index contributed by atoms with van der Waals surface area (Å²) in [6.07, 6.45) is 0.473. The van der Waals surface area contributed by atoms with E-state index in [1.807, 2.05) is 4.98 Å². The van der Waals surface area contributed by atoms with Crippen LogP contribution >= 0.6 is 11.6 Å². The molecule has 96 valence electrons. The molecule has 0 aliphatic heterocycles. The lowest BCUT2D eigenvalue weighted by molar-refractivity contribution is 0.0690. The summed E-state index contributed by atoms with van der Waals surface area (Å²) in [5.74, 6) is -1.36. The van der Waals surface area contributed by atoms with Crippen LogP contribution in [-0.2, 0) is 4.74 Å². The molecule has 0 fully saturated rings. The predicted octanol–water partition coefficient (Wildman–Crippen LogP) is 1.46. The number of halogens is 1. The molecule has 1 amide bonds. The van der Waals surface area contributed by atoms with Crippen LogP contribution in [0.15, 0.2) is 23.5 Å². The zero-order valence-electron chi connectivity index (χ0n) is 9.03. The maximum Gasteiger partial charge on any atom is 0.411 e. The average Bonchev–Trinajstić information content (AvgIpc) is 2.31. The normalized spacial score (nSPS) is 9.61. The Balaban J connectivity index is 3.01. The number of carboxylic acid groups (broad SMARTS) is 1. The number of anilines is 1. The summed E-state index contributed by atoms with van der Waals surface area (Å²) in [6.45, 7) is 3.32. The Hall–Kier alpha value is -2.28. The van der Waals surface area contributed by atoms with E-state index in [0.717, 1.165) is 6.07 Å². The fourth-order valence-electron chi connectivity index (χ4n) is 1.03. The fraction of sp³-hybridized carbons (Fsp3) is 0.100. The van der Waals surface area contributed by atoms with Crippen molar-refractivity contribution < 1.29 is 19.4 Å². The maximum absolute atomic E-state index is 11.3. The molecule has 1 aromatic heterocycles. The first-order valence-electron chi connectivity index (χ1n) is 4.66. The van der Waals surface area contributed by atoms with E-state index in [-0.39, 0.29) is 17.3 Å². The number of aromatic nitrogens is 1. The molecule has 0 aliphatic carbocycles. The smallest absolute Gasteiger partial charge is 0.411 e. The number of rotatable bonds is 4. The van der Waals surface area contributed by atoms with E-state index >= 15 is 0 Å². The van der Waals surface area contributed by atoms with Gasteiger partial charge in [0.2, 0.25) is 0 Å². The summed E-state index contributed by atoms with van der Waals surface area (Å²) in [5, 5.41) is 10.5. The number of hydrogen-bond acceptors (Lipinski definition) is 4. The monoisotopic (exact) mass is 272 g/mol. The first kappa shape index (κ1) is 13.8. The molecule has 0 atom stereocenters. The van der Waals surface area contributed by atoms with E-state index in [4.69, 9.17) is 16.7 Å². The van der Waals surface area contributed by atoms with Crippen molar-refractivity contribution in [2.75, 3.05) is 11.9 Å². The number of ether oxygens (including phenoxy) is 1. The van der Waals surface area contributed by atoms with Gasteiger partial charge in [0.15, 0.2) is 0 Å². The van der Waals surface area contributed by atoms with Gasteiger partial charge in [0.05, 0.1) is 5.69 Å². The number of carbonyl (C=O) groups is 2. The molecule has 0 spiro atoms. The lowest BCUT2D eigenvalue weighted by Gasteiger charge is -2.07. The van der Waals surface area contributed by atoms with Crippen LogP contribution in [0.1, 0.15) is 10.5 Å². The van der Waals surface area contributed by atoms with Gasteiger partial charge in [0.25, 0.3) is 5.56 Å². The zero-order valence-corrected chi connectivity index (χ0v) is 9.78. The van der Waals surface area contributed by atoms with Crippen molar-refractivity contribution in [3.63, 3.8) is 0 Å². The first-order chi connectivity index (χ1) is 8.45. The Bertz CT molecular complexity index is 552. The van der Waals surface area contributed by atoms with E-state index in [1.165, 1.54) is 6.08 Å². The van der Waals surface area contributed by atoms with Crippen molar-refractivity contribution in [1.82, 2.24) is 4.98 Å². The van der Waals surface area contributed by atoms with E-state index in [0.29, 0.717) is 0 Å². The SMILES string of the molecule is C=CCOC(=O)Nc1cc(C(=O)O)[nH]c(=O)c1Cl. The largest absolute Gasteiger partial charge is 0.477 e. The number of carboxylic acids is 1. The Labute approximate surface area is 106 Å². The van der Waals surface area contributed by atoms with Crippen molar-refractivity contribution in [2.24, 2.45) is 0 Å². The Morgan fingerprint density at radius 1 is 1.61 bits per heavy atom. The lowest BCUT2D eigenvalue weighted by Crippen LogP contribution is -2.19. The number of aromatic amines is 1. The first-order valence-corrected chi connectivity index (χ1v) is 5.04. The minimum Gasteiger partial charge on any atom is -0.477 e. The minimum absolute atomic E-state index is 0.0293. The van der Waals surface area contributed by atoms with Gasteiger partial charge < -0.3 is 14.8 Å². The second kappa shape index (κ2) is 5.87. The van der Waals surface area contributed by atoms with Gasteiger partial charge in [0.1, 0.15) is 17.3 Å². The second-order valence-electron chi connectivity index (χ2n) is 3.06. The van der Waals surface area contributed by atoms with Crippen LogP contribution in [0.2, 0.25) is 5.02 Å². The van der Waals surface area contributed by atoms with Crippen LogP contribution in [0, 0.1) is 0 Å². The highest BCUT2D eigenvalue weighted by molar-refractivity contribution is 6.33. The van der Waals surface area contributed by atoms with Crippen LogP contribution in [0.25, 0.3) is 0 Å². The van der Waals surface area contributed by atoms with Gasteiger partial charge in [-0.3, -0.25) is 10.1 Å². The van der Waals surface area contributed by atoms with E-state index in [9.17, 15) is 14.4 Å². The zero-order chi connectivity index (χ0) is 13.7. The molecule has 0 aromatic carbocycles. The highest BCUT2D eigenvalue weighted by Crippen LogP contribution is 2.17. The standard InChI is InChI=1S/C10H9ClN2O5/c1-2-3-18-10(17)13-5-4-6(9(15)16)12-8(14)7(5)11/h2,4H,1,3H2,(H,15,16)(H2,12,13,14,17). The van der Waals surface area contributed by atoms with Gasteiger partial charge >= 0.3 is 12.1 Å². The number of carbonyl (C=O) groups excluding carboxylic acids is 1. The van der Waals surface area contributed by atoms with Gasteiger partial charge in [-0.15, -0.1) is 0 Å². The summed E-state index contributed by atoms with van der Waals surface area (Å²) in [5.41, 5.74) is -1.37. The van der Waals surface area contributed by atoms with Gasteiger partial charge in [-0.25, -0.2) is 9.59 Å². The van der Waals surface area contributed by atoms with Crippen LogP contribution in [0.3, 0.4) is 0 Å². The highest BCUT2D eigenvalue weighted by Gasteiger charge is 2.14. The maximum atomic E-state index is 11.3. The Kier molecular flexibility index (Phi) is 4.50. The molecule has 1 aromatic rings. The van der Waals surface area contributed by atoms with Crippen molar-refractivity contribution in [3.05, 3.63) is 39.8 Å². The molecule has 0 bridgehead atoms. The Morgan fingerprint density at radius 3 is 2.83 bits per heavy atom. The second-order valence-corrected chi connectivity index (χ2v) is 3.44. The minimum atomic E-state index is -1.36. The van der Waals surface area contributed by atoms with Crippen molar-refractivity contribution >= 4 is 29.4 Å². The third-order valence-corrected chi connectivity index (χ3v) is 2.15. The Morgan fingerprint density at radius 2 is 2.28 bits per heavy atom. The number of aromatic carboxylic acids is 1. The van der Waals surface area contributed by atoms with Crippen LogP contribution in [0.4, 0.5) is 10.5 Å². The van der Waals surface area contributed by atoms with E-state index < -0.39 is 23.3 Å². The van der Waals surface area contributed by atoms with Crippen LogP contribution < -0.4 is 10.9 Å². The number of nitrogens with one attached hydrogen (secondary N) is 2. The number of hydrogen-bond donors (Lipinski definition) is 3. The summed E-state index contributed by atoms with van der Waals surface area (Å²) in [6, 6.07) is 1.02. The molecule has 0 aliphatic rings. The molecule has 3 N–H and O–H groups in total. The number of H-pyrrole nitrogens is 1. The van der Waals surface area contributed by atoms with Gasteiger partial charge in [-0.2, -0.15) is 0 Å². The number of amides is 1. The molecular formula is C10H9ClN2O5. The van der Waals surface area contributed by atoms with E-state index in [1.54, 1.807) is 0 Å². The topological polar surface area (TPSA) is 108 Å². The quantitative estimate of drug-likeness (QED) is 0.719. The molecule has 18 heavy (non-hydrogen) atoms. The third-order valence-electron chi connectivity index (χ3n) is 1.77. The van der Waals surface area contributed by atoms with Crippen LogP contribution in [-0.4, -0.2) is 28.8 Å². The van der Waals surface area contributed by atoms with Crippen molar-refractivity contribution in [3.8, 4) is 0 Å². The molecule has 8 heteroatoms. The summed E-state index contributed by atoms with van der Waals surface area (Å²) >= 11 is 5.62. The third kappa shape index (κ3) is 3.36. The molecule has 0 saturated carbocycles. The van der Waals surface area contributed by atoms with Crippen molar-refractivity contribution in [1.29, 1.82) is 0 Å². The molecule has 0 radical (unpaired) electrons. The molecule has 0 unspecified atom stereocenters. The van der Waals surface area contributed by atoms with E-state index in [2.05, 4.69) is 16.6 Å². The molecular weight excluding hydrogens is 264 g/mol. The lowest BCUT2D eigenvalue weighted by atomic mass is 10.3.